The van der Waals surface area contributed by atoms with Crippen molar-refractivity contribution in [3.63, 3.8) is 0 Å². The van der Waals surface area contributed by atoms with Gasteiger partial charge in [0.25, 0.3) is 0 Å². The first-order chi connectivity index (χ1) is 6.57. The Balaban J connectivity index is 2.27. The molecular weight excluding hydrogens is 193 g/mol. The molecule has 1 aromatic rings. The van der Waals surface area contributed by atoms with E-state index in [2.05, 4.69) is 0 Å². The Bertz CT molecular complexity index is 328. The predicted octanol–water partition coefficient (Wildman–Crippen LogP) is 2.65. The third-order valence-electron chi connectivity index (χ3n) is 2.17. The Morgan fingerprint density at radius 2 is 1.93 bits per heavy atom. The standard InChI is InChI=1S/C10H9F3O/c11-10(12,13)9-4-2-1-3-7(9)5-8-6-14-8/h1-4,8H,5-6H2/t8-/m0/s1. The number of hydrogen-bond donors (Lipinski definition) is 0. The number of halogens is 3. The van der Waals surface area contributed by atoms with Crippen molar-refractivity contribution < 1.29 is 17.9 Å². The van der Waals surface area contributed by atoms with E-state index >= 15 is 0 Å². The molecule has 1 aliphatic rings. The quantitative estimate of drug-likeness (QED) is 0.671. The summed E-state index contributed by atoms with van der Waals surface area (Å²) < 4.78 is 42.3. The molecule has 0 aliphatic carbocycles. The molecule has 1 aromatic carbocycles. The molecular formula is C10H9F3O. The van der Waals surface area contributed by atoms with E-state index in [1.165, 1.54) is 12.1 Å². The Morgan fingerprint density at radius 3 is 2.50 bits per heavy atom. The molecule has 0 amide bonds. The third kappa shape index (κ3) is 2.07. The van der Waals surface area contributed by atoms with Crippen molar-refractivity contribution >= 4 is 0 Å². The summed E-state index contributed by atoms with van der Waals surface area (Å²) in [4.78, 5) is 0. The van der Waals surface area contributed by atoms with Crippen LogP contribution in [0.1, 0.15) is 11.1 Å². The Morgan fingerprint density at radius 1 is 1.29 bits per heavy atom. The largest absolute Gasteiger partial charge is 0.416 e. The maximum atomic E-state index is 12.5. The van der Waals surface area contributed by atoms with E-state index in [9.17, 15) is 13.2 Å². The van der Waals surface area contributed by atoms with Crippen LogP contribution in [0.4, 0.5) is 13.2 Å². The molecule has 1 saturated heterocycles. The van der Waals surface area contributed by atoms with Gasteiger partial charge in [-0.3, -0.25) is 0 Å². The molecule has 1 aliphatic heterocycles. The van der Waals surface area contributed by atoms with Gasteiger partial charge in [-0.05, 0) is 11.6 Å². The fraction of sp³-hybridized carbons (Fsp3) is 0.400. The lowest BCUT2D eigenvalue weighted by atomic mass is 10.0. The van der Waals surface area contributed by atoms with Crippen LogP contribution in [0.25, 0.3) is 0 Å². The topological polar surface area (TPSA) is 12.5 Å². The lowest BCUT2D eigenvalue weighted by molar-refractivity contribution is -0.138. The van der Waals surface area contributed by atoms with Gasteiger partial charge < -0.3 is 4.74 Å². The van der Waals surface area contributed by atoms with Crippen LogP contribution in [-0.2, 0) is 17.3 Å². The smallest absolute Gasteiger partial charge is 0.373 e. The second-order valence-electron chi connectivity index (χ2n) is 3.31. The second-order valence-corrected chi connectivity index (χ2v) is 3.31. The molecule has 0 radical (unpaired) electrons. The summed E-state index contributed by atoms with van der Waals surface area (Å²) in [5, 5.41) is 0. The lowest BCUT2D eigenvalue weighted by Crippen LogP contribution is -2.10. The predicted molar refractivity (Wildman–Crippen MR) is 44.9 cm³/mol. The summed E-state index contributed by atoms with van der Waals surface area (Å²) in [5.74, 6) is 0. The van der Waals surface area contributed by atoms with Crippen molar-refractivity contribution in [2.24, 2.45) is 0 Å². The van der Waals surface area contributed by atoms with Gasteiger partial charge in [-0.15, -0.1) is 0 Å². The van der Waals surface area contributed by atoms with Crippen LogP contribution in [0, 0.1) is 0 Å². The molecule has 0 aromatic heterocycles. The van der Waals surface area contributed by atoms with Gasteiger partial charge in [-0.1, -0.05) is 18.2 Å². The van der Waals surface area contributed by atoms with E-state index in [0.717, 1.165) is 6.07 Å². The normalized spacial score (nSPS) is 20.9. The Kier molecular flexibility index (Phi) is 2.23. The monoisotopic (exact) mass is 202 g/mol. The minimum Gasteiger partial charge on any atom is -0.373 e. The van der Waals surface area contributed by atoms with Crippen molar-refractivity contribution in [3.05, 3.63) is 35.4 Å². The first-order valence-electron chi connectivity index (χ1n) is 4.34. The third-order valence-corrected chi connectivity index (χ3v) is 2.17. The molecule has 0 bridgehead atoms. The minimum absolute atomic E-state index is 0.0153. The molecule has 1 atom stereocenters. The summed E-state index contributed by atoms with van der Waals surface area (Å²) >= 11 is 0. The molecule has 2 rings (SSSR count). The zero-order valence-corrected chi connectivity index (χ0v) is 7.34. The van der Waals surface area contributed by atoms with E-state index in [0.29, 0.717) is 18.6 Å². The fourth-order valence-electron chi connectivity index (χ4n) is 1.41. The van der Waals surface area contributed by atoms with Crippen LogP contribution >= 0.6 is 0 Å². The van der Waals surface area contributed by atoms with Crippen molar-refractivity contribution in [2.75, 3.05) is 6.61 Å². The van der Waals surface area contributed by atoms with Gasteiger partial charge in [0, 0.05) is 6.42 Å². The Labute approximate surface area is 79.5 Å². The zero-order valence-electron chi connectivity index (χ0n) is 7.34. The maximum absolute atomic E-state index is 12.5. The van der Waals surface area contributed by atoms with Gasteiger partial charge in [0.2, 0.25) is 0 Å². The van der Waals surface area contributed by atoms with E-state index in [4.69, 9.17) is 4.74 Å². The van der Waals surface area contributed by atoms with Gasteiger partial charge in [0.1, 0.15) is 0 Å². The van der Waals surface area contributed by atoms with E-state index in [1.807, 2.05) is 0 Å². The summed E-state index contributed by atoms with van der Waals surface area (Å²) in [7, 11) is 0. The average Bonchev–Trinajstić information content (AvgIpc) is 2.87. The number of hydrogen-bond acceptors (Lipinski definition) is 1. The van der Waals surface area contributed by atoms with Gasteiger partial charge in [0.05, 0.1) is 18.3 Å². The highest BCUT2D eigenvalue weighted by molar-refractivity contribution is 5.30. The van der Waals surface area contributed by atoms with Crippen molar-refractivity contribution in [2.45, 2.75) is 18.7 Å². The van der Waals surface area contributed by atoms with Gasteiger partial charge in [0.15, 0.2) is 0 Å². The highest BCUT2D eigenvalue weighted by Gasteiger charge is 2.34. The van der Waals surface area contributed by atoms with E-state index in [1.54, 1.807) is 6.07 Å². The molecule has 0 saturated carbocycles. The lowest BCUT2D eigenvalue weighted by Gasteiger charge is -2.11. The molecule has 1 fully saturated rings. The molecule has 0 N–H and O–H groups in total. The number of benzene rings is 1. The molecule has 76 valence electrons. The molecule has 1 nitrogen and oxygen atoms in total. The molecule has 0 unspecified atom stereocenters. The number of ether oxygens (including phenoxy) is 1. The van der Waals surface area contributed by atoms with Crippen LogP contribution in [0.3, 0.4) is 0 Å². The van der Waals surface area contributed by atoms with E-state index < -0.39 is 11.7 Å². The van der Waals surface area contributed by atoms with Crippen molar-refractivity contribution in [1.29, 1.82) is 0 Å². The average molecular weight is 202 g/mol. The van der Waals surface area contributed by atoms with E-state index in [-0.39, 0.29) is 6.10 Å². The number of alkyl halides is 3. The van der Waals surface area contributed by atoms with Gasteiger partial charge >= 0.3 is 6.18 Å². The summed E-state index contributed by atoms with van der Waals surface area (Å²) in [6.07, 6.45) is -3.92. The van der Waals surface area contributed by atoms with Crippen LogP contribution < -0.4 is 0 Å². The highest BCUT2D eigenvalue weighted by Crippen LogP contribution is 2.33. The van der Waals surface area contributed by atoms with Crippen LogP contribution in [0.2, 0.25) is 0 Å². The van der Waals surface area contributed by atoms with Crippen LogP contribution in [0.15, 0.2) is 24.3 Å². The number of epoxide rings is 1. The first kappa shape index (κ1) is 9.52. The zero-order chi connectivity index (χ0) is 10.2. The molecule has 4 heteroatoms. The van der Waals surface area contributed by atoms with Crippen molar-refractivity contribution in [1.82, 2.24) is 0 Å². The highest BCUT2D eigenvalue weighted by atomic mass is 19.4. The van der Waals surface area contributed by atoms with Crippen LogP contribution in [0.5, 0.6) is 0 Å². The minimum atomic E-state index is -4.26. The Hall–Kier alpha value is -1.03. The summed E-state index contributed by atoms with van der Waals surface area (Å²) in [6, 6.07) is 5.63. The van der Waals surface area contributed by atoms with Gasteiger partial charge in [-0.2, -0.15) is 13.2 Å². The molecule has 0 spiro atoms. The van der Waals surface area contributed by atoms with Crippen LogP contribution in [-0.4, -0.2) is 12.7 Å². The van der Waals surface area contributed by atoms with Gasteiger partial charge in [-0.25, -0.2) is 0 Å². The summed E-state index contributed by atoms with van der Waals surface area (Å²) in [5.41, 5.74) is -0.224. The van der Waals surface area contributed by atoms with Crippen molar-refractivity contribution in [3.8, 4) is 0 Å². The fourth-order valence-corrected chi connectivity index (χ4v) is 1.41. The summed E-state index contributed by atoms with van der Waals surface area (Å²) in [6.45, 7) is 0.576. The molecule has 1 heterocycles. The second kappa shape index (κ2) is 3.28. The maximum Gasteiger partial charge on any atom is 0.416 e. The SMILES string of the molecule is FC(F)(F)c1ccccc1C[C@H]1CO1. The molecule has 14 heavy (non-hydrogen) atoms. The number of rotatable bonds is 2. The first-order valence-corrected chi connectivity index (χ1v) is 4.34.